The van der Waals surface area contributed by atoms with Gasteiger partial charge in [0, 0.05) is 0 Å². The molecule has 0 spiro atoms. The van der Waals surface area contributed by atoms with Gasteiger partial charge in [0.2, 0.25) is 0 Å². The van der Waals surface area contributed by atoms with Crippen LogP contribution >= 0.6 is 0 Å². The Labute approximate surface area is 86.2 Å². The fourth-order valence-corrected chi connectivity index (χ4v) is 1.27. The van der Waals surface area contributed by atoms with E-state index in [1.165, 1.54) is 31.4 Å². The van der Waals surface area contributed by atoms with Crippen molar-refractivity contribution in [1.82, 2.24) is 0 Å². The molecule has 1 rings (SSSR count). The number of allylic oxidation sites excluding steroid dienone is 1. The lowest BCUT2D eigenvalue weighted by Crippen LogP contribution is -2.18. The molecule has 0 aliphatic heterocycles. The van der Waals surface area contributed by atoms with Crippen molar-refractivity contribution >= 4 is 0 Å². The number of methoxy groups -OCH3 is 1. The second kappa shape index (κ2) is 4.38. The van der Waals surface area contributed by atoms with Crippen LogP contribution in [-0.2, 0) is 0 Å². The first kappa shape index (κ1) is 11.6. The third kappa shape index (κ3) is 2.75. The molecule has 0 unspecified atom stereocenters. The molecule has 0 saturated heterocycles. The van der Waals surface area contributed by atoms with Crippen LogP contribution in [0.2, 0.25) is 0 Å². The molecule has 1 aromatic carbocycles. The molecule has 1 aromatic rings. The van der Waals surface area contributed by atoms with E-state index in [-0.39, 0.29) is 5.56 Å². The molecule has 0 radical (unpaired) electrons. The summed E-state index contributed by atoms with van der Waals surface area (Å²) in [6.45, 7) is 3.20. The Balaban J connectivity index is 2.98. The van der Waals surface area contributed by atoms with E-state index >= 15 is 0 Å². The van der Waals surface area contributed by atoms with Crippen molar-refractivity contribution in [2.45, 2.75) is 12.1 Å². The van der Waals surface area contributed by atoms with Gasteiger partial charge in [-0.2, -0.15) is 13.2 Å². The second-order valence-corrected chi connectivity index (χ2v) is 3.03. The standard InChI is InChI=1S/C11H11F3O/c1-3-10(11(12,13)14)8-4-6-9(15-2)7-5-8/h3-7,10H,1H2,2H3/t10-/m0/s1. The topological polar surface area (TPSA) is 9.23 Å². The van der Waals surface area contributed by atoms with Crippen molar-refractivity contribution in [3.63, 3.8) is 0 Å². The molecular formula is C11H11F3O. The Hall–Kier alpha value is -1.45. The third-order valence-electron chi connectivity index (χ3n) is 2.06. The van der Waals surface area contributed by atoms with Crippen LogP contribution in [0.15, 0.2) is 36.9 Å². The monoisotopic (exact) mass is 216 g/mol. The first-order valence-electron chi connectivity index (χ1n) is 4.32. The number of alkyl halides is 3. The van der Waals surface area contributed by atoms with Crippen LogP contribution in [0.4, 0.5) is 13.2 Å². The lowest BCUT2D eigenvalue weighted by Gasteiger charge is -2.16. The summed E-state index contributed by atoms with van der Waals surface area (Å²) in [6, 6.07) is 5.77. The number of halogens is 3. The first-order chi connectivity index (χ1) is 6.99. The van der Waals surface area contributed by atoms with E-state index in [0.717, 1.165) is 6.08 Å². The predicted molar refractivity (Wildman–Crippen MR) is 52.0 cm³/mol. The van der Waals surface area contributed by atoms with Gasteiger partial charge in [-0.3, -0.25) is 0 Å². The van der Waals surface area contributed by atoms with Crippen LogP contribution in [0.5, 0.6) is 5.75 Å². The van der Waals surface area contributed by atoms with E-state index in [4.69, 9.17) is 4.74 Å². The average Bonchev–Trinajstić information content (AvgIpc) is 2.18. The number of ether oxygens (including phenoxy) is 1. The van der Waals surface area contributed by atoms with Crippen LogP contribution < -0.4 is 4.74 Å². The molecule has 0 fully saturated rings. The molecular weight excluding hydrogens is 205 g/mol. The Morgan fingerprint density at radius 3 is 2.13 bits per heavy atom. The van der Waals surface area contributed by atoms with Gasteiger partial charge < -0.3 is 4.74 Å². The maximum Gasteiger partial charge on any atom is 0.399 e. The summed E-state index contributed by atoms with van der Waals surface area (Å²) in [5, 5.41) is 0. The highest BCUT2D eigenvalue weighted by atomic mass is 19.4. The molecule has 4 heteroatoms. The maximum absolute atomic E-state index is 12.5. The third-order valence-corrected chi connectivity index (χ3v) is 2.06. The molecule has 0 N–H and O–H groups in total. The van der Waals surface area contributed by atoms with E-state index in [2.05, 4.69) is 6.58 Å². The van der Waals surface area contributed by atoms with E-state index in [0.29, 0.717) is 5.75 Å². The summed E-state index contributed by atoms with van der Waals surface area (Å²) < 4.78 is 42.3. The smallest absolute Gasteiger partial charge is 0.399 e. The molecule has 82 valence electrons. The lowest BCUT2D eigenvalue weighted by atomic mass is 9.99. The van der Waals surface area contributed by atoms with Crippen LogP contribution in [-0.4, -0.2) is 13.3 Å². The van der Waals surface area contributed by atoms with Gasteiger partial charge in [-0.05, 0) is 17.7 Å². The van der Waals surface area contributed by atoms with Gasteiger partial charge in [0.1, 0.15) is 5.75 Å². The van der Waals surface area contributed by atoms with Gasteiger partial charge in [0.05, 0.1) is 13.0 Å². The van der Waals surface area contributed by atoms with Gasteiger partial charge in [0.15, 0.2) is 0 Å². The second-order valence-electron chi connectivity index (χ2n) is 3.03. The molecule has 15 heavy (non-hydrogen) atoms. The molecule has 0 saturated carbocycles. The van der Waals surface area contributed by atoms with E-state index in [1.54, 1.807) is 0 Å². The van der Waals surface area contributed by atoms with Crippen LogP contribution in [0, 0.1) is 0 Å². The summed E-state index contributed by atoms with van der Waals surface area (Å²) in [4.78, 5) is 0. The van der Waals surface area contributed by atoms with Gasteiger partial charge in [-0.25, -0.2) is 0 Å². The number of benzene rings is 1. The highest BCUT2D eigenvalue weighted by Crippen LogP contribution is 2.35. The van der Waals surface area contributed by atoms with Crippen LogP contribution in [0.25, 0.3) is 0 Å². The summed E-state index contributed by atoms with van der Waals surface area (Å²) in [7, 11) is 1.46. The van der Waals surface area contributed by atoms with Crippen molar-refractivity contribution in [1.29, 1.82) is 0 Å². The van der Waals surface area contributed by atoms with Crippen LogP contribution in [0.1, 0.15) is 11.5 Å². The molecule has 1 atom stereocenters. The quantitative estimate of drug-likeness (QED) is 0.702. The highest BCUT2D eigenvalue weighted by molar-refractivity contribution is 5.32. The molecule has 0 heterocycles. The maximum atomic E-state index is 12.5. The molecule has 0 amide bonds. The molecule has 0 bridgehead atoms. The zero-order chi connectivity index (χ0) is 11.5. The number of hydrogen-bond donors (Lipinski definition) is 0. The van der Waals surface area contributed by atoms with Gasteiger partial charge in [-0.15, -0.1) is 6.58 Å². The lowest BCUT2D eigenvalue weighted by molar-refractivity contribution is -0.139. The Morgan fingerprint density at radius 2 is 1.80 bits per heavy atom. The fraction of sp³-hybridized carbons (Fsp3) is 0.273. The van der Waals surface area contributed by atoms with E-state index < -0.39 is 12.1 Å². The van der Waals surface area contributed by atoms with Crippen molar-refractivity contribution in [3.05, 3.63) is 42.5 Å². The van der Waals surface area contributed by atoms with Crippen molar-refractivity contribution < 1.29 is 17.9 Å². The predicted octanol–water partition coefficient (Wildman–Crippen LogP) is 3.53. The molecule has 0 aliphatic rings. The summed E-state index contributed by atoms with van der Waals surface area (Å²) in [6.07, 6.45) is -3.40. The highest BCUT2D eigenvalue weighted by Gasteiger charge is 2.38. The summed E-state index contributed by atoms with van der Waals surface area (Å²) in [5.41, 5.74) is 0.165. The van der Waals surface area contributed by atoms with Crippen molar-refractivity contribution in [2.75, 3.05) is 7.11 Å². The van der Waals surface area contributed by atoms with Crippen LogP contribution in [0.3, 0.4) is 0 Å². The number of rotatable bonds is 3. The van der Waals surface area contributed by atoms with E-state index in [1.807, 2.05) is 0 Å². The SMILES string of the molecule is C=C[C@@H](c1ccc(OC)cc1)C(F)(F)F. The normalized spacial score (nSPS) is 13.3. The zero-order valence-corrected chi connectivity index (χ0v) is 8.21. The fourth-order valence-electron chi connectivity index (χ4n) is 1.27. The summed E-state index contributed by atoms with van der Waals surface area (Å²) >= 11 is 0. The van der Waals surface area contributed by atoms with Crippen molar-refractivity contribution in [2.24, 2.45) is 0 Å². The zero-order valence-electron chi connectivity index (χ0n) is 8.21. The van der Waals surface area contributed by atoms with E-state index in [9.17, 15) is 13.2 Å². The Kier molecular flexibility index (Phi) is 3.39. The molecule has 1 nitrogen and oxygen atoms in total. The molecule has 0 aromatic heterocycles. The van der Waals surface area contributed by atoms with Gasteiger partial charge in [-0.1, -0.05) is 18.2 Å². The first-order valence-corrected chi connectivity index (χ1v) is 4.32. The summed E-state index contributed by atoms with van der Waals surface area (Å²) in [5.74, 6) is -1.09. The Bertz CT molecular complexity index is 327. The Morgan fingerprint density at radius 1 is 1.27 bits per heavy atom. The average molecular weight is 216 g/mol. The van der Waals surface area contributed by atoms with Crippen molar-refractivity contribution in [3.8, 4) is 5.75 Å². The van der Waals surface area contributed by atoms with Gasteiger partial charge in [0.25, 0.3) is 0 Å². The number of hydrogen-bond acceptors (Lipinski definition) is 1. The largest absolute Gasteiger partial charge is 0.497 e. The van der Waals surface area contributed by atoms with Gasteiger partial charge >= 0.3 is 6.18 Å². The minimum absolute atomic E-state index is 0.165. The minimum Gasteiger partial charge on any atom is -0.497 e. The molecule has 0 aliphatic carbocycles. The minimum atomic E-state index is -4.30.